The number of rotatable bonds is 1. The summed E-state index contributed by atoms with van der Waals surface area (Å²) in [7, 11) is 1.77. The average molecular weight is 250 g/mol. The minimum absolute atomic E-state index is 0.0169. The maximum absolute atomic E-state index is 12.1. The molecule has 3 heteroatoms. The number of nitrogens with two attached hydrogens (primary N) is 1. The Balaban J connectivity index is 2.42. The van der Waals surface area contributed by atoms with Crippen LogP contribution in [0.4, 0.5) is 5.69 Å². The highest BCUT2D eigenvalue weighted by Crippen LogP contribution is 2.27. The summed E-state index contributed by atoms with van der Waals surface area (Å²) < 4.78 is 1.61. The lowest BCUT2D eigenvalue weighted by molar-refractivity contribution is 0.875. The molecule has 0 radical (unpaired) electrons. The Kier molecular flexibility index (Phi) is 2.60. The van der Waals surface area contributed by atoms with Crippen LogP contribution in [-0.2, 0) is 7.05 Å². The summed E-state index contributed by atoms with van der Waals surface area (Å²) in [6.07, 6.45) is 1.86. The van der Waals surface area contributed by atoms with Crippen molar-refractivity contribution < 1.29 is 0 Å². The molecule has 0 fully saturated rings. The number of pyridine rings is 1. The van der Waals surface area contributed by atoms with Crippen LogP contribution in [0.3, 0.4) is 0 Å². The fourth-order valence-corrected chi connectivity index (χ4v) is 2.35. The minimum Gasteiger partial charge on any atom is -0.399 e. The van der Waals surface area contributed by atoms with Crippen molar-refractivity contribution in [3.8, 4) is 11.1 Å². The molecule has 3 aromatic rings. The molecule has 1 aromatic heterocycles. The monoisotopic (exact) mass is 250 g/mol. The van der Waals surface area contributed by atoms with Crippen LogP contribution >= 0.6 is 0 Å². The number of fused-ring (bicyclic) bond motifs is 1. The van der Waals surface area contributed by atoms with Gasteiger partial charge < -0.3 is 10.3 Å². The van der Waals surface area contributed by atoms with Gasteiger partial charge in [-0.2, -0.15) is 0 Å². The molecule has 2 N–H and O–H groups in total. The highest BCUT2D eigenvalue weighted by molar-refractivity contribution is 5.96. The molecule has 0 atom stereocenters. The molecular weight excluding hydrogens is 236 g/mol. The van der Waals surface area contributed by atoms with E-state index < -0.39 is 0 Å². The molecule has 0 bridgehead atoms. The summed E-state index contributed by atoms with van der Waals surface area (Å²) in [5.41, 5.74) is 8.61. The molecule has 2 aromatic carbocycles. The molecule has 0 saturated heterocycles. The first-order chi connectivity index (χ1) is 9.16. The summed E-state index contributed by atoms with van der Waals surface area (Å²) in [4.78, 5) is 12.1. The molecule has 3 rings (SSSR count). The fraction of sp³-hybridized carbons (Fsp3) is 0.0625. The van der Waals surface area contributed by atoms with E-state index in [9.17, 15) is 4.79 Å². The zero-order chi connectivity index (χ0) is 13.4. The van der Waals surface area contributed by atoms with Gasteiger partial charge in [-0.05, 0) is 29.1 Å². The van der Waals surface area contributed by atoms with Crippen molar-refractivity contribution in [2.45, 2.75) is 0 Å². The molecule has 1 heterocycles. The summed E-state index contributed by atoms with van der Waals surface area (Å²) in [5.74, 6) is 0. The molecule has 0 aliphatic carbocycles. The lowest BCUT2D eigenvalue weighted by Gasteiger charge is -2.10. The molecule has 19 heavy (non-hydrogen) atoms. The van der Waals surface area contributed by atoms with E-state index in [-0.39, 0.29) is 5.56 Å². The number of benzene rings is 2. The maximum Gasteiger partial charge on any atom is 0.258 e. The van der Waals surface area contributed by atoms with Crippen LogP contribution in [0.1, 0.15) is 0 Å². The first-order valence-electron chi connectivity index (χ1n) is 6.11. The number of hydrogen-bond donors (Lipinski definition) is 1. The lowest BCUT2D eigenvalue weighted by atomic mass is 10.0. The third-order valence-corrected chi connectivity index (χ3v) is 3.29. The third kappa shape index (κ3) is 1.89. The summed E-state index contributed by atoms with van der Waals surface area (Å²) in [6.45, 7) is 0. The zero-order valence-electron chi connectivity index (χ0n) is 10.6. The Morgan fingerprint density at radius 1 is 1.00 bits per heavy atom. The van der Waals surface area contributed by atoms with Gasteiger partial charge in [-0.15, -0.1) is 0 Å². The van der Waals surface area contributed by atoms with E-state index in [1.807, 2.05) is 54.7 Å². The van der Waals surface area contributed by atoms with Crippen molar-refractivity contribution in [1.82, 2.24) is 4.57 Å². The first-order valence-corrected chi connectivity index (χ1v) is 6.11. The molecule has 0 aliphatic rings. The smallest absolute Gasteiger partial charge is 0.258 e. The first kappa shape index (κ1) is 11.5. The molecule has 0 saturated carbocycles. The van der Waals surface area contributed by atoms with E-state index in [2.05, 4.69) is 0 Å². The van der Waals surface area contributed by atoms with Crippen LogP contribution < -0.4 is 11.3 Å². The Labute approximate surface area is 110 Å². The number of nitrogens with zero attached hydrogens (tertiary/aromatic N) is 1. The number of aryl methyl sites for hydroxylation is 1. The molecule has 0 spiro atoms. The van der Waals surface area contributed by atoms with Gasteiger partial charge in [0.05, 0.1) is 0 Å². The Morgan fingerprint density at radius 2 is 1.74 bits per heavy atom. The van der Waals surface area contributed by atoms with Gasteiger partial charge in [0, 0.05) is 29.9 Å². The zero-order valence-corrected chi connectivity index (χ0v) is 10.6. The van der Waals surface area contributed by atoms with E-state index >= 15 is 0 Å². The second kappa shape index (κ2) is 4.28. The Morgan fingerprint density at radius 3 is 2.47 bits per heavy atom. The highest BCUT2D eigenvalue weighted by atomic mass is 16.1. The van der Waals surface area contributed by atoms with Crippen LogP contribution in [0, 0.1) is 0 Å². The normalized spacial score (nSPS) is 10.8. The number of anilines is 1. The maximum atomic E-state index is 12.1. The molecule has 3 nitrogen and oxygen atoms in total. The average Bonchev–Trinajstić information content (AvgIpc) is 2.43. The van der Waals surface area contributed by atoms with Crippen LogP contribution in [0.25, 0.3) is 21.9 Å². The van der Waals surface area contributed by atoms with E-state index in [4.69, 9.17) is 5.73 Å². The van der Waals surface area contributed by atoms with Crippen molar-refractivity contribution in [1.29, 1.82) is 0 Å². The number of nitrogen functional groups attached to an aromatic ring is 1. The SMILES string of the molecule is Cn1cc(-c2cccc(N)c2)c2ccccc2c1=O. The molecule has 0 unspecified atom stereocenters. The van der Waals surface area contributed by atoms with E-state index in [0.29, 0.717) is 0 Å². The van der Waals surface area contributed by atoms with Crippen LogP contribution in [-0.4, -0.2) is 4.57 Å². The number of hydrogen-bond acceptors (Lipinski definition) is 2. The van der Waals surface area contributed by atoms with Crippen LogP contribution in [0.5, 0.6) is 0 Å². The second-order valence-electron chi connectivity index (χ2n) is 4.63. The van der Waals surface area contributed by atoms with Gasteiger partial charge in [0.15, 0.2) is 0 Å². The van der Waals surface area contributed by atoms with Crippen molar-refractivity contribution in [2.75, 3.05) is 5.73 Å². The van der Waals surface area contributed by atoms with Gasteiger partial charge in [-0.25, -0.2) is 0 Å². The lowest BCUT2D eigenvalue weighted by Crippen LogP contribution is -2.16. The quantitative estimate of drug-likeness (QED) is 0.675. The van der Waals surface area contributed by atoms with Crippen molar-refractivity contribution in [3.63, 3.8) is 0 Å². The van der Waals surface area contributed by atoms with Crippen molar-refractivity contribution in [2.24, 2.45) is 7.05 Å². The summed E-state index contributed by atoms with van der Waals surface area (Å²) in [6, 6.07) is 15.3. The fourth-order valence-electron chi connectivity index (χ4n) is 2.35. The van der Waals surface area contributed by atoms with Crippen molar-refractivity contribution >= 4 is 16.5 Å². The van der Waals surface area contributed by atoms with Crippen LogP contribution in [0.15, 0.2) is 59.5 Å². The molecular formula is C16H14N2O. The molecule has 0 amide bonds. The van der Waals surface area contributed by atoms with E-state index in [1.54, 1.807) is 11.6 Å². The molecule has 94 valence electrons. The van der Waals surface area contributed by atoms with E-state index in [1.165, 1.54) is 0 Å². The van der Waals surface area contributed by atoms with Gasteiger partial charge in [0.1, 0.15) is 0 Å². The minimum atomic E-state index is 0.0169. The van der Waals surface area contributed by atoms with Gasteiger partial charge in [-0.1, -0.05) is 30.3 Å². The second-order valence-corrected chi connectivity index (χ2v) is 4.63. The van der Waals surface area contributed by atoms with Gasteiger partial charge in [-0.3, -0.25) is 4.79 Å². The molecule has 0 aliphatic heterocycles. The summed E-state index contributed by atoms with van der Waals surface area (Å²) in [5, 5.41) is 1.68. The van der Waals surface area contributed by atoms with Crippen molar-refractivity contribution in [3.05, 3.63) is 65.1 Å². The predicted octanol–water partition coefficient (Wildman–Crippen LogP) is 2.79. The Bertz CT molecular complexity index is 818. The predicted molar refractivity (Wildman–Crippen MR) is 79.0 cm³/mol. The summed E-state index contributed by atoms with van der Waals surface area (Å²) >= 11 is 0. The standard InChI is InChI=1S/C16H14N2O/c1-18-10-15(11-5-4-6-12(17)9-11)13-7-2-3-8-14(13)16(18)19/h2-10H,17H2,1H3. The van der Waals surface area contributed by atoms with Gasteiger partial charge >= 0.3 is 0 Å². The van der Waals surface area contributed by atoms with Gasteiger partial charge in [0.25, 0.3) is 5.56 Å². The van der Waals surface area contributed by atoms with E-state index in [0.717, 1.165) is 27.6 Å². The van der Waals surface area contributed by atoms with Crippen LogP contribution in [0.2, 0.25) is 0 Å². The third-order valence-electron chi connectivity index (χ3n) is 3.29. The Hall–Kier alpha value is -2.55. The van der Waals surface area contributed by atoms with Gasteiger partial charge in [0.2, 0.25) is 0 Å². The topological polar surface area (TPSA) is 48.0 Å². The number of aromatic nitrogens is 1. The highest BCUT2D eigenvalue weighted by Gasteiger charge is 2.08. The largest absolute Gasteiger partial charge is 0.399 e.